The molecule has 2 N–H and O–H groups in total. The average Bonchev–Trinajstić information content (AvgIpc) is 3.25. The number of nitrogens with one attached hydrogen (secondary N) is 2. The number of methoxy groups -OCH3 is 1. The Bertz CT molecular complexity index is 704. The Labute approximate surface area is 154 Å². The number of hydrogen-bond donors (Lipinski definition) is 2. The molecule has 2 aromatic heterocycles. The lowest BCUT2D eigenvalue weighted by molar-refractivity contribution is 0.0639. The van der Waals surface area contributed by atoms with Gasteiger partial charge in [-0.05, 0) is 33.5 Å². The molecular weight excluding hydrogens is 332 g/mol. The van der Waals surface area contributed by atoms with Gasteiger partial charge in [0.2, 0.25) is 5.95 Å². The Morgan fingerprint density at radius 1 is 1.35 bits per heavy atom. The van der Waals surface area contributed by atoms with Crippen LogP contribution in [0.25, 0.3) is 0 Å². The molecule has 9 nitrogen and oxygen atoms in total. The number of anilines is 2. The Kier molecular flexibility index (Phi) is 6.00. The van der Waals surface area contributed by atoms with Gasteiger partial charge in [0.05, 0.1) is 12.1 Å². The topological polar surface area (TPSA) is 95.1 Å². The monoisotopic (exact) mass is 360 g/mol. The maximum absolute atomic E-state index is 5.63. The van der Waals surface area contributed by atoms with Gasteiger partial charge in [0.25, 0.3) is 0 Å². The fourth-order valence-corrected chi connectivity index (χ4v) is 3.23. The highest BCUT2D eigenvalue weighted by Crippen LogP contribution is 2.22. The van der Waals surface area contributed by atoms with Crippen molar-refractivity contribution < 1.29 is 4.74 Å². The smallest absolute Gasteiger partial charge is 0.224 e. The molecule has 1 aliphatic heterocycles. The van der Waals surface area contributed by atoms with Crippen LogP contribution in [0.1, 0.15) is 18.1 Å². The molecule has 2 aromatic rings. The quantitative estimate of drug-likeness (QED) is 0.665. The van der Waals surface area contributed by atoms with Gasteiger partial charge in [0, 0.05) is 39.4 Å². The Hall–Kier alpha value is -2.26. The number of H-pyrrole nitrogens is 1. The minimum absolute atomic E-state index is 0.182. The molecule has 26 heavy (non-hydrogen) atoms. The highest BCUT2D eigenvalue weighted by atomic mass is 16.5. The van der Waals surface area contributed by atoms with E-state index >= 15 is 0 Å². The molecule has 0 unspecified atom stereocenters. The summed E-state index contributed by atoms with van der Waals surface area (Å²) in [4.78, 5) is 17.8. The molecule has 2 atom stereocenters. The van der Waals surface area contributed by atoms with Gasteiger partial charge in [-0.2, -0.15) is 10.1 Å². The molecule has 3 rings (SSSR count). The summed E-state index contributed by atoms with van der Waals surface area (Å²) >= 11 is 0. The van der Waals surface area contributed by atoms with Crippen molar-refractivity contribution in [2.75, 3.05) is 51.1 Å². The molecule has 1 saturated heterocycles. The molecule has 3 heterocycles. The first-order valence-electron chi connectivity index (χ1n) is 8.96. The van der Waals surface area contributed by atoms with E-state index in [4.69, 9.17) is 4.74 Å². The molecule has 1 fully saturated rings. The largest absolute Gasteiger partial charge is 0.378 e. The lowest BCUT2D eigenvalue weighted by atomic mass is 10.2. The van der Waals surface area contributed by atoms with Crippen LogP contribution in [-0.2, 0) is 11.2 Å². The van der Waals surface area contributed by atoms with Crippen LogP contribution in [0.4, 0.5) is 11.8 Å². The summed E-state index contributed by atoms with van der Waals surface area (Å²) in [6.45, 7) is 4.41. The third-order valence-electron chi connectivity index (χ3n) is 4.67. The first-order valence-corrected chi connectivity index (χ1v) is 8.96. The summed E-state index contributed by atoms with van der Waals surface area (Å²) in [6, 6.07) is 2.31. The van der Waals surface area contributed by atoms with Crippen LogP contribution in [0.3, 0.4) is 0 Å². The van der Waals surface area contributed by atoms with Gasteiger partial charge in [-0.3, -0.25) is 5.10 Å². The van der Waals surface area contributed by atoms with E-state index in [1.165, 1.54) is 0 Å². The van der Waals surface area contributed by atoms with Gasteiger partial charge in [-0.25, -0.2) is 9.97 Å². The number of likely N-dealkylation sites (N-methyl/N-ethyl adjacent to an activating group) is 1. The molecule has 142 valence electrons. The zero-order valence-corrected chi connectivity index (χ0v) is 15.9. The van der Waals surface area contributed by atoms with E-state index in [-0.39, 0.29) is 6.10 Å². The van der Waals surface area contributed by atoms with E-state index in [0.29, 0.717) is 12.0 Å². The Morgan fingerprint density at radius 2 is 2.19 bits per heavy atom. The van der Waals surface area contributed by atoms with Crippen molar-refractivity contribution in [2.24, 2.45) is 0 Å². The van der Waals surface area contributed by atoms with E-state index in [0.717, 1.165) is 49.9 Å². The SMILES string of the molecule is CO[C@@H]1CN(c2ccnc(NCCCc3n[nH]c(C)n3)n2)C[C@@H]1N(C)C. The molecule has 0 aliphatic carbocycles. The second kappa shape index (κ2) is 8.41. The molecule has 9 heteroatoms. The molecular formula is C17H28N8O. The summed E-state index contributed by atoms with van der Waals surface area (Å²) in [6.07, 6.45) is 3.72. The van der Waals surface area contributed by atoms with Crippen molar-refractivity contribution >= 4 is 11.8 Å². The van der Waals surface area contributed by atoms with Crippen LogP contribution in [0.5, 0.6) is 0 Å². The second-order valence-electron chi connectivity index (χ2n) is 6.82. The predicted octanol–water partition coefficient (Wildman–Crippen LogP) is 0.713. The normalized spacial score (nSPS) is 20.1. The summed E-state index contributed by atoms with van der Waals surface area (Å²) in [5.74, 6) is 3.27. The predicted molar refractivity (Wildman–Crippen MR) is 100 cm³/mol. The number of aromatic amines is 1. The first kappa shape index (κ1) is 18.5. The number of hydrogen-bond acceptors (Lipinski definition) is 8. The van der Waals surface area contributed by atoms with Gasteiger partial charge in [-0.15, -0.1) is 0 Å². The van der Waals surface area contributed by atoms with Crippen LogP contribution < -0.4 is 10.2 Å². The molecule has 1 aliphatic rings. The average molecular weight is 360 g/mol. The van der Waals surface area contributed by atoms with Crippen molar-refractivity contribution in [3.63, 3.8) is 0 Å². The molecule has 0 bridgehead atoms. The third-order valence-corrected chi connectivity index (χ3v) is 4.67. The minimum Gasteiger partial charge on any atom is -0.378 e. The summed E-state index contributed by atoms with van der Waals surface area (Å²) < 4.78 is 5.63. The van der Waals surface area contributed by atoms with Crippen molar-refractivity contribution in [1.29, 1.82) is 0 Å². The standard InChI is InChI=1S/C17H28N8O/c1-12-20-15(23-22-12)6-5-8-18-17-19-9-7-16(21-17)25-10-13(24(2)3)14(11-25)26-4/h7,9,13-14H,5-6,8,10-11H2,1-4H3,(H,18,19,21)(H,20,22,23)/t13-,14+/m0/s1. The van der Waals surface area contributed by atoms with Crippen molar-refractivity contribution in [2.45, 2.75) is 31.9 Å². The molecule has 0 aromatic carbocycles. The Balaban J connectivity index is 1.53. The molecule has 0 radical (unpaired) electrons. The van der Waals surface area contributed by atoms with E-state index in [9.17, 15) is 0 Å². The Morgan fingerprint density at radius 3 is 2.85 bits per heavy atom. The summed E-state index contributed by atoms with van der Waals surface area (Å²) in [5.41, 5.74) is 0. The molecule has 0 spiro atoms. The number of ether oxygens (including phenoxy) is 1. The van der Waals surface area contributed by atoms with Crippen LogP contribution in [0.2, 0.25) is 0 Å². The number of rotatable bonds is 8. The fraction of sp³-hybridized carbons (Fsp3) is 0.647. The lowest BCUT2D eigenvalue weighted by Gasteiger charge is -2.23. The van der Waals surface area contributed by atoms with Crippen molar-refractivity contribution in [3.05, 3.63) is 23.9 Å². The van der Waals surface area contributed by atoms with Crippen LogP contribution >= 0.6 is 0 Å². The van der Waals surface area contributed by atoms with E-state index in [2.05, 4.69) is 54.4 Å². The van der Waals surface area contributed by atoms with Crippen LogP contribution in [0.15, 0.2) is 12.3 Å². The second-order valence-corrected chi connectivity index (χ2v) is 6.82. The first-order chi connectivity index (χ1) is 12.6. The lowest BCUT2D eigenvalue weighted by Crippen LogP contribution is -2.39. The summed E-state index contributed by atoms with van der Waals surface area (Å²) in [5, 5.41) is 10.3. The highest BCUT2D eigenvalue weighted by Gasteiger charge is 2.34. The van der Waals surface area contributed by atoms with Crippen LogP contribution in [0, 0.1) is 6.92 Å². The van der Waals surface area contributed by atoms with Gasteiger partial charge in [-0.1, -0.05) is 0 Å². The third kappa shape index (κ3) is 4.47. The zero-order valence-electron chi connectivity index (χ0n) is 15.9. The maximum Gasteiger partial charge on any atom is 0.224 e. The van der Waals surface area contributed by atoms with Crippen molar-refractivity contribution in [3.8, 4) is 0 Å². The van der Waals surface area contributed by atoms with Gasteiger partial charge in [0.1, 0.15) is 11.6 Å². The van der Waals surface area contributed by atoms with E-state index in [1.807, 2.05) is 13.0 Å². The van der Waals surface area contributed by atoms with Gasteiger partial charge >= 0.3 is 0 Å². The fourth-order valence-electron chi connectivity index (χ4n) is 3.23. The molecule has 0 saturated carbocycles. The van der Waals surface area contributed by atoms with Gasteiger partial charge < -0.3 is 19.9 Å². The number of aromatic nitrogens is 5. The van der Waals surface area contributed by atoms with E-state index in [1.54, 1.807) is 13.3 Å². The number of nitrogens with zero attached hydrogens (tertiary/aromatic N) is 6. The highest BCUT2D eigenvalue weighted by molar-refractivity contribution is 5.44. The minimum atomic E-state index is 0.182. The number of aryl methyl sites for hydroxylation is 2. The summed E-state index contributed by atoms with van der Waals surface area (Å²) in [7, 11) is 5.94. The molecule has 0 amide bonds. The zero-order chi connectivity index (χ0) is 18.5. The maximum atomic E-state index is 5.63. The van der Waals surface area contributed by atoms with Crippen molar-refractivity contribution in [1.82, 2.24) is 30.0 Å². The van der Waals surface area contributed by atoms with Gasteiger partial charge in [0.15, 0.2) is 5.82 Å². The van der Waals surface area contributed by atoms with Crippen LogP contribution in [-0.4, -0.2) is 83.0 Å². The van der Waals surface area contributed by atoms with E-state index < -0.39 is 0 Å².